The number of aliphatic hydroxyl groups is 1. The van der Waals surface area contributed by atoms with Gasteiger partial charge in [0.1, 0.15) is 0 Å². The van der Waals surface area contributed by atoms with E-state index in [-0.39, 0.29) is 74.6 Å². The Bertz CT molecular complexity index is 1450. The van der Waals surface area contributed by atoms with Crippen LogP contribution in [0.1, 0.15) is 59.9 Å². The Labute approximate surface area is 290 Å². The predicted molar refractivity (Wildman–Crippen MR) is 188 cm³/mol. The average molecular weight is 727 g/mol. The molecule has 0 heterocycles. The van der Waals surface area contributed by atoms with E-state index in [0.29, 0.717) is 12.8 Å². The van der Waals surface area contributed by atoms with Crippen molar-refractivity contribution in [3.05, 3.63) is 29.8 Å². The number of aliphatic hydroxyl groups excluding tert-OH is 1. The molecule has 272 valence electrons. The molecule has 0 amide bonds. The van der Waals surface area contributed by atoms with Crippen LogP contribution in [0.4, 0.5) is 0 Å². The Hall–Kier alpha value is -1.62. The molecule has 4 fully saturated rings. The van der Waals surface area contributed by atoms with Gasteiger partial charge in [-0.25, -0.2) is 0 Å². The van der Waals surface area contributed by atoms with Crippen LogP contribution in [0.25, 0.3) is 0 Å². The Kier molecular flexibility index (Phi) is 11.0. The maximum atomic E-state index is 12.8. The van der Waals surface area contributed by atoms with Gasteiger partial charge in [-0.3, -0.25) is 13.8 Å². The largest absolute Gasteiger partial charge is 0.469 e. The number of ether oxygens (including phenoxy) is 2. The summed E-state index contributed by atoms with van der Waals surface area (Å²) in [7, 11) is -5.07. The summed E-state index contributed by atoms with van der Waals surface area (Å²) in [6, 6.07) is 6.58. The molecule has 0 radical (unpaired) electrons. The van der Waals surface area contributed by atoms with Gasteiger partial charge in [0.25, 0.3) is 10.1 Å². The van der Waals surface area contributed by atoms with Crippen molar-refractivity contribution in [3.63, 3.8) is 0 Å². The van der Waals surface area contributed by atoms with Crippen LogP contribution < -0.4 is 0 Å². The van der Waals surface area contributed by atoms with Gasteiger partial charge in [-0.2, -0.15) is 8.42 Å². The van der Waals surface area contributed by atoms with Gasteiger partial charge in [0.05, 0.1) is 55.4 Å². The highest BCUT2D eigenvalue weighted by Crippen LogP contribution is 2.62. The molecule has 0 spiro atoms. The summed E-state index contributed by atoms with van der Waals surface area (Å²) in [5.74, 6) is -1.03. The molecule has 4 aliphatic rings. The van der Waals surface area contributed by atoms with E-state index in [1.807, 2.05) is 6.92 Å². The number of fused-ring (bicyclic) bond motifs is 2. The molecule has 1 aromatic carbocycles. The fourth-order valence-electron chi connectivity index (χ4n) is 7.04. The van der Waals surface area contributed by atoms with Crippen molar-refractivity contribution in [1.82, 2.24) is 0 Å². The minimum absolute atomic E-state index is 0.0185. The second kappa shape index (κ2) is 13.5. The molecular weight excluding hydrogens is 669 g/mol. The summed E-state index contributed by atoms with van der Waals surface area (Å²) in [5, 5.41) is 10.2. The molecule has 4 saturated carbocycles. The topological polar surface area (TPSA) is 135 Å². The van der Waals surface area contributed by atoms with Gasteiger partial charge in [-0.05, 0) is 61.7 Å². The van der Waals surface area contributed by atoms with Gasteiger partial charge in [-0.1, -0.05) is 59.2 Å². The Balaban J connectivity index is 0.000000237. The first-order chi connectivity index (χ1) is 21.9. The smallest absolute Gasteiger partial charge is 0.309 e. The van der Waals surface area contributed by atoms with Gasteiger partial charge >= 0.3 is 11.9 Å². The lowest BCUT2D eigenvalue weighted by Crippen LogP contribution is -2.44. The number of hydrogen-bond acceptors (Lipinski definition) is 10. The molecule has 4 aliphatic carbocycles. The van der Waals surface area contributed by atoms with Crippen LogP contribution in [0.5, 0.6) is 0 Å². The molecule has 0 aromatic heterocycles. The summed E-state index contributed by atoms with van der Waals surface area (Å²) in [6.45, 7) is 23.7. The molecule has 1 aromatic rings. The number of carbonyl (C=O) groups is 2. The highest BCUT2D eigenvalue weighted by molar-refractivity contribution is 7.86. The monoisotopic (exact) mass is 726 g/mol. The normalized spacial score (nSPS) is 32.8. The van der Waals surface area contributed by atoms with Crippen molar-refractivity contribution in [2.75, 3.05) is 14.2 Å². The molecule has 5 rings (SSSR count). The van der Waals surface area contributed by atoms with E-state index in [0.717, 1.165) is 5.56 Å². The summed E-state index contributed by atoms with van der Waals surface area (Å²) >= 11 is 0. The maximum Gasteiger partial charge on any atom is 0.309 e. The predicted octanol–water partition coefficient (Wildman–Crippen LogP) is 6.07. The van der Waals surface area contributed by atoms with Gasteiger partial charge < -0.3 is 23.4 Å². The van der Waals surface area contributed by atoms with E-state index in [1.165, 1.54) is 14.2 Å². The second-order valence-electron chi connectivity index (χ2n) is 17.2. The zero-order chi connectivity index (χ0) is 36.4. The fraction of sp³-hybridized carbons (Fsp3) is 0.771. The van der Waals surface area contributed by atoms with Crippen LogP contribution in [0.2, 0.25) is 36.3 Å². The van der Waals surface area contributed by atoms with E-state index in [4.69, 9.17) is 22.5 Å². The zero-order valence-corrected chi connectivity index (χ0v) is 33.8. The lowest BCUT2D eigenvalue weighted by atomic mass is 10.1. The third-order valence-corrected chi connectivity index (χ3v) is 22.3. The Morgan fingerprint density at radius 2 is 1.10 bits per heavy atom. The van der Waals surface area contributed by atoms with Gasteiger partial charge in [0.2, 0.25) is 0 Å². The first kappa shape index (κ1) is 39.2. The Morgan fingerprint density at radius 3 is 1.54 bits per heavy atom. The van der Waals surface area contributed by atoms with Crippen LogP contribution >= 0.6 is 0 Å². The number of esters is 2. The minimum atomic E-state index is -3.91. The van der Waals surface area contributed by atoms with Gasteiger partial charge in [0.15, 0.2) is 16.6 Å². The van der Waals surface area contributed by atoms with E-state index >= 15 is 0 Å². The van der Waals surface area contributed by atoms with Crippen LogP contribution in [-0.2, 0) is 42.2 Å². The highest BCUT2D eigenvalue weighted by atomic mass is 32.2. The quantitative estimate of drug-likeness (QED) is 0.181. The van der Waals surface area contributed by atoms with E-state index in [1.54, 1.807) is 24.3 Å². The van der Waals surface area contributed by atoms with E-state index < -0.39 is 39.0 Å². The number of carbonyl (C=O) groups excluding carboxylic acids is 2. The maximum absolute atomic E-state index is 12.8. The molecule has 1 N–H and O–H groups in total. The van der Waals surface area contributed by atoms with Crippen molar-refractivity contribution < 1.29 is 45.6 Å². The standard InChI is InChI=1S/C21H32O6SSi.C14H26O4Si/c1-13-8-10-14(11-9-13)28(23,24)26-15-12-16(27-29(6,7)21(2,3)4)18-17(15)19(18)20(22)25-5;1-14(2,3)19(5,6)18-9-7-8(15)10-11(9)12(10)13(16)17-4/h8-11,15-19H,12H2,1-7H3;8-12,15H,7H2,1-6H3/t15-,16-,17-,18+,19+;8-,9+,10+,11-,12-/m10/s1. The van der Waals surface area contributed by atoms with Crippen molar-refractivity contribution in [3.8, 4) is 0 Å². The van der Waals surface area contributed by atoms with Crippen LogP contribution in [-0.4, -0.2) is 80.7 Å². The van der Waals surface area contributed by atoms with Crippen molar-refractivity contribution in [2.45, 2.75) is 127 Å². The third-order valence-electron chi connectivity index (χ3n) is 11.9. The van der Waals surface area contributed by atoms with Crippen molar-refractivity contribution in [1.29, 1.82) is 0 Å². The fourth-order valence-corrected chi connectivity index (χ4v) is 10.9. The van der Waals surface area contributed by atoms with Crippen LogP contribution in [0, 0.1) is 42.4 Å². The van der Waals surface area contributed by atoms with Crippen molar-refractivity contribution in [2.24, 2.45) is 35.5 Å². The lowest BCUT2D eigenvalue weighted by molar-refractivity contribution is -0.144. The lowest BCUT2D eigenvalue weighted by Gasteiger charge is -2.39. The molecule has 10 atom stereocenters. The summed E-state index contributed by atoms with van der Waals surface area (Å²) in [6.07, 6.45) is -0.0299. The van der Waals surface area contributed by atoms with Crippen LogP contribution in [0.15, 0.2) is 29.2 Å². The molecule has 10 nitrogen and oxygen atoms in total. The molecule has 0 unspecified atom stereocenters. The van der Waals surface area contributed by atoms with E-state index in [9.17, 15) is 23.1 Å². The summed E-state index contributed by atoms with van der Waals surface area (Å²) in [4.78, 5) is 24.0. The zero-order valence-electron chi connectivity index (χ0n) is 31.0. The van der Waals surface area contributed by atoms with Crippen molar-refractivity contribution >= 4 is 38.7 Å². The minimum Gasteiger partial charge on any atom is -0.469 e. The van der Waals surface area contributed by atoms with Crippen LogP contribution in [0.3, 0.4) is 0 Å². The van der Waals surface area contributed by atoms with Gasteiger partial charge in [-0.15, -0.1) is 0 Å². The SMILES string of the molecule is COC(=O)[C@@H]1[C@@H]2[C@H]1[C@@H](O)C[C@H]2O[Si](C)(C)C(C)(C)C.COC(=O)[C@@H]1[C@@H]2[C@H]1[C@H](OS(=O)(=O)c1ccc(C)cc1)C[C@H]2O[Si](C)(C)C(C)(C)C. The Morgan fingerprint density at radius 1 is 0.708 bits per heavy atom. The average Bonchev–Trinajstić information content (AvgIpc) is 3.82. The molecule has 13 heteroatoms. The highest BCUT2D eigenvalue weighted by Gasteiger charge is 2.69. The molecule has 48 heavy (non-hydrogen) atoms. The number of hydrogen-bond donors (Lipinski definition) is 1. The molecular formula is C35H58O10SSi2. The third kappa shape index (κ3) is 7.82. The number of aryl methyl sites for hydroxylation is 1. The number of rotatable bonds is 9. The first-order valence-electron chi connectivity index (χ1n) is 17.1. The first-order valence-corrected chi connectivity index (χ1v) is 24.3. The molecule has 0 saturated heterocycles. The molecule has 0 bridgehead atoms. The number of methoxy groups -OCH3 is 2. The van der Waals surface area contributed by atoms with Gasteiger partial charge in [0, 0.05) is 30.1 Å². The van der Waals surface area contributed by atoms with E-state index in [2.05, 4.69) is 67.7 Å². The molecule has 0 aliphatic heterocycles. The second-order valence-corrected chi connectivity index (χ2v) is 28.3. The summed E-state index contributed by atoms with van der Waals surface area (Å²) < 4.78 is 53.9. The number of benzene rings is 1. The summed E-state index contributed by atoms with van der Waals surface area (Å²) in [5.41, 5.74) is 0.973.